The van der Waals surface area contributed by atoms with Gasteiger partial charge in [-0.05, 0) is 65.3 Å². The summed E-state index contributed by atoms with van der Waals surface area (Å²) in [5.74, 6) is 0.222. The molecule has 5 heteroatoms. The predicted octanol–water partition coefficient (Wildman–Crippen LogP) is 4.25. The van der Waals surface area contributed by atoms with Crippen LogP contribution >= 0.6 is 0 Å². The molecule has 1 aromatic heterocycles. The van der Waals surface area contributed by atoms with Crippen LogP contribution in [0, 0.1) is 6.92 Å². The van der Waals surface area contributed by atoms with E-state index in [1.165, 1.54) is 5.56 Å². The Morgan fingerprint density at radius 3 is 2.40 bits per heavy atom. The third kappa shape index (κ3) is 3.70. The van der Waals surface area contributed by atoms with Crippen LogP contribution < -0.4 is 10.2 Å². The van der Waals surface area contributed by atoms with Crippen molar-refractivity contribution in [1.29, 1.82) is 0 Å². The summed E-state index contributed by atoms with van der Waals surface area (Å²) >= 11 is 0. The third-order valence-corrected chi connectivity index (χ3v) is 4.73. The Hall–Kier alpha value is -2.30. The molecule has 2 heterocycles. The molecule has 1 saturated heterocycles. The SMILES string of the molecule is Cc1nn(C(C)(C)C)cc1[C@@H](C)Nc1ccc(N2CCCC2=O)cc1. The Bertz CT molecular complexity index is 755. The van der Waals surface area contributed by atoms with Gasteiger partial charge < -0.3 is 10.2 Å². The molecule has 0 aliphatic carbocycles. The van der Waals surface area contributed by atoms with Crippen LogP contribution in [0.5, 0.6) is 0 Å². The number of aryl methyl sites for hydroxylation is 1. The van der Waals surface area contributed by atoms with Gasteiger partial charge in [-0.25, -0.2) is 0 Å². The highest BCUT2D eigenvalue weighted by Crippen LogP contribution is 2.27. The molecule has 1 fully saturated rings. The number of aromatic nitrogens is 2. The molecule has 1 aliphatic rings. The van der Waals surface area contributed by atoms with E-state index in [9.17, 15) is 4.79 Å². The van der Waals surface area contributed by atoms with E-state index in [1.54, 1.807) is 0 Å². The van der Waals surface area contributed by atoms with E-state index in [0.717, 1.165) is 30.0 Å². The lowest BCUT2D eigenvalue weighted by Crippen LogP contribution is -2.23. The first-order valence-corrected chi connectivity index (χ1v) is 8.99. The Balaban J connectivity index is 1.72. The van der Waals surface area contributed by atoms with Crippen molar-refractivity contribution in [3.05, 3.63) is 41.7 Å². The smallest absolute Gasteiger partial charge is 0.227 e. The Morgan fingerprint density at radius 2 is 1.88 bits per heavy atom. The van der Waals surface area contributed by atoms with Crippen molar-refractivity contribution >= 4 is 17.3 Å². The molecule has 0 radical (unpaired) electrons. The van der Waals surface area contributed by atoms with Gasteiger partial charge in [0.05, 0.1) is 17.3 Å². The number of nitrogens with one attached hydrogen (secondary N) is 1. The standard InChI is InChI=1S/C20H28N4O/c1-14(18-13-24(20(3,4)5)22-15(18)2)21-16-8-10-17(11-9-16)23-12-6-7-19(23)25/h8-11,13-14,21H,6-7,12H2,1-5H3/t14-/m1/s1. The molecule has 1 atom stereocenters. The molecule has 0 bridgehead atoms. The van der Waals surface area contributed by atoms with Gasteiger partial charge in [0, 0.05) is 36.1 Å². The normalized spacial score (nSPS) is 16.4. The van der Waals surface area contributed by atoms with E-state index in [1.807, 2.05) is 33.8 Å². The van der Waals surface area contributed by atoms with Gasteiger partial charge >= 0.3 is 0 Å². The maximum absolute atomic E-state index is 11.8. The lowest BCUT2D eigenvalue weighted by atomic mass is 10.1. The van der Waals surface area contributed by atoms with Gasteiger partial charge in [0.15, 0.2) is 0 Å². The van der Waals surface area contributed by atoms with Crippen molar-refractivity contribution in [2.24, 2.45) is 0 Å². The summed E-state index contributed by atoms with van der Waals surface area (Å²) in [5, 5.41) is 8.19. The molecule has 0 unspecified atom stereocenters. The van der Waals surface area contributed by atoms with Crippen LogP contribution in [0.1, 0.15) is 57.8 Å². The monoisotopic (exact) mass is 340 g/mol. The Morgan fingerprint density at radius 1 is 1.20 bits per heavy atom. The van der Waals surface area contributed by atoms with Crippen molar-refractivity contribution < 1.29 is 4.79 Å². The largest absolute Gasteiger partial charge is 0.378 e. The van der Waals surface area contributed by atoms with Crippen molar-refractivity contribution in [1.82, 2.24) is 9.78 Å². The van der Waals surface area contributed by atoms with Crippen LogP contribution in [0.25, 0.3) is 0 Å². The number of carbonyl (C=O) groups is 1. The van der Waals surface area contributed by atoms with E-state index >= 15 is 0 Å². The number of anilines is 2. The lowest BCUT2D eigenvalue weighted by molar-refractivity contribution is -0.117. The van der Waals surface area contributed by atoms with Gasteiger partial charge in [0.2, 0.25) is 5.91 Å². The molecule has 1 N–H and O–H groups in total. The Kier molecular flexibility index (Phi) is 4.58. The van der Waals surface area contributed by atoms with E-state index in [2.05, 4.69) is 51.2 Å². The van der Waals surface area contributed by atoms with Crippen LogP contribution in [0.15, 0.2) is 30.5 Å². The van der Waals surface area contributed by atoms with E-state index in [-0.39, 0.29) is 17.5 Å². The fourth-order valence-corrected chi connectivity index (χ4v) is 3.23. The zero-order valence-electron chi connectivity index (χ0n) is 15.8. The molecule has 5 nitrogen and oxygen atoms in total. The molecule has 1 aromatic carbocycles. The molecule has 25 heavy (non-hydrogen) atoms. The molecule has 0 spiro atoms. The summed E-state index contributed by atoms with van der Waals surface area (Å²) in [6, 6.07) is 8.28. The van der Waals surface area contributed by atoms with Crippen LogP contribution in [-0.4, -0.2) is 22.2 Å². The molecule has 3 rings (SSSR count). The number of benzene rings is 1. The summed E-state index contributed by atoms with van der Waals surface area (Å²) in [6.45, 7) is 11.5. The summed E-state index contributed by atoms with van der Waals surface area (Å²) in [4.78, 5) is 13.7. The molecule has 134 valence electrons. The van der Waals surface area contributed by atoms with Gasteiger partial charge in [0.1, 0.15) is 0 Å². The first-order chi connectivity index (χ1) is 11.8. The minimum Gasteiger partial charge on any atom is -0.378 e. The van der Waals surface area contributed by atoms with Crippen LogP contribution in [0.2, 0.25) is 0 Å². The quantitative estimate of drug-likeness (QED) is 0.905. The molecular formula is C20H28N4O. The minimum atomic E-state index is -0.0212. The van der Waals surface area contributed by atoms with Crippen LogP contribution in [0.3, 0.4) is 0 Å². The van der Waals surface area contributed by atoms with Crippen molar-refractivity contribution in [2.45, 2.75) is 59.0 Å². The molecule has 1 aliphatic heterocycles. The molecule has 0 saturated carbocycles. The van der Waals surface area contributed by atoms with Gasteiger partial charge in [-0.15, -0.1) is 0 Å². The van der Waals surface area contributed by atoms with Gasteiger partial charge in [0.25, 0.3) is 0 Å². The zero-order valence-corrected chi connectivity index (χ0v) is 15.8. The summed E-state index contributed by atoms with van der Waals surface area (Å²) in [6.07, 6.45) is 3.74. The number of rotatable bonds is 4. The predicted molar refractivity (Wildman–Crippen MR) is 102 cm³/mol. The lowest BCUT2D eigenvalue weighted by Gasteiger charge is -2.19. The summed E-state index contributed by atoms with van der Waals surface area (Å²) in [7, 11) is 0. The van der Waals surface area contributed by atoms with Crippen LogP contribution in [-0.2, 0) is 10.3 Å². The number of amides is 1. The van der Waals surface area contributed by atoms with Gasteiger partial charge in [-0.2, -0.15) is 5.10 Å². The minimum absolute atomic E-state index is 0.0212. The first kappa shape index (κ1) is 17.5. The second-order valence-corrected chi connectivity index (χ2v) is 7.85. The highest BCUT2D eigenvalue weighted by Gasteiger charge is 2.22. The van der Waals surface area contributed by atoms with E-state index < -0.39 is 0 Å². The van der Waals surface area contributed by atoms with Crippen molar-refractivity contribution in [2.75, 3.05) is 16.8 Å². The first-order valence-electron chi connectivity index (χ1n) is 8.99. The average Bonchev–Trinajstić information content (AvgIpc) is 3.13. The Labute approximate surface area is 150 Å². The second kappa shape index (κ2) is 6.54. The number of nitrogens with zero attached hydrogens (tertiary/aromatic N) is 3. The number of hydrogen-bond acceptors (Lipinski definition) is 3. The van der Waals surface area contributed by atoms with E-state index in [0.29, 0.717) is 6.42 Å². The maximum atomic E-state index is 11.8. The molecule has 1 amide bonds. The number of hydrogen-bond donors (Lipinski definition) is 1. The molecular weight excluding hydrogens is 312 g/mol. The summed E-state index contributed by atoms with van der Waals surface area (Å²) in [5.41, 5.74) is 4.26. The fourth-order valence-electron chi connectivity index (χ4n) is 3.23. The van der Waals surface area contributed by atoms with Crippen molar-refractivity contribution in [3.63, 3.8) is 0 Å². The highest BCUT2D eigenvalue weighted by atomic mass is 16.2. The molecule has 2 aromatic rings. The zero-order chi connectivity index (χ0) is 18.2. The third-order valence-electron chi connectivity index (χ3n) is 4.73. The maximum Gasteiger partial charge on any atom is 0.227 e. The fraction of sp³-hybridized carbons (Fsp3) is 0.500. The second-order valence-electron chi connectivity index (χ2n) is 7.85. The average molecular weight is 340 g/mol. The number of carbonyl (C=O) groups excluding carboxylic acids is 1. The van der Waals surface area contributed by atoms with Crippen LogP contribution in [0.4, 0.5) is 11.4 Å². The summed E-state index contributed by atoms with van der Waals surface area (Å²) < 4.78 is 2.03. The van der Waals surface area contributed by atoms with Gasteiger partial charge in [-0.1, -0.05) is 0 Å². The van der Waals surface area contributed by atoms with Gasteiger partial charge in [-0.3, -0.25) is 9.48 Å². The van der Waals surface area contributed by atoms with E-state index in [4.69, 9.17) is 0 Å². The highest BCUT2D eigenvalue weighted by molar-refractivity contribution is 5.95. The van der Waals surface area contributed by atoms with Crippen molar-refractivity contribution in [3.8, 4) is 0 Å². The topological polar surface area (TPSA) is 50.2 Å².